The first kappa shape index (κ1) is 19.1. The lowest BCUT2D eigenvalue weighted by Gasteiger charge is -2.23. The van der Waals surface area contributed by atoms with Crippen LogP contribution < -0.4 is 11.2 Å². The van der Waals surface area contributed by atoms with Crippen LogP contribution in [0, 0.1) is 6.92 Å². The molecule has 2 heterocycles. The summed E-state index contributed by atoms with van der Waals surface area (Å²) in [6, 6.07) is 5.60. The summed E-state index contributed by atoms with van der Waals surface area (Å²) >= 11 is 0. The van der Waals surface area contributed by atoms with Crippen molar-refractivity contribution in [2.75, 3.05) is 13.1 Å². The summed E-state index contributed by atoms with van der Waals surface area (Å²) in [4.78, 5) is 26.6. The number of amides is 1. The monoisotopic (exact) mass is 380 g/mol. The summed E-state index contributed by atoms with van der Waals surface area (Å²) in [5.74, 6) is -0.548. The van der Waals surface area contributed by atoms with E-state index in [1.807, 2.05) is 0 Å². The minimum atomic E-state index is -4.51. The molecule has 0 radical (unpaired) electrons. The Balaban J connectivity index is 2.05. The number of alkyl halides is 3. The molecule has 1 amide bonds. The maximum atomic E-state index is 13.0. The summed E-state index contributed by atoms with van der Waals surface area (Å²) in [6.45, 7) is 2.29. The van der Waals surface area contributed by atoms with Gasteiger partial charge in [-0.05, 0) is 38.0 Å². The highest BCUT2D eigenvalue weighted by Crippen LogP contribution is 2.30. The third-order valence-electron chi connectivity index (χ3n) is 4.64. The molecule has 0 saturated carbocycles. The molecule has 27 heavy (non-hydrogen) atoms. The molecule has 1 saturated heterocycles. The van der Waals surface area contributed by atoms with E-state index in [4.69, 9.17) is 5.73 Å². The first-order valence-corrected chi connectivity index (χ1v) is 8.52. The number of hydrogen-bond acceptors (Lipinski definition) is 4. The molecular weight excluding hydrogens is 361 g/mol. The molecule has 3 rings (SSSR count). The lowest BCUT2D eigenvalue weighted by Crippen LogP contribution is -2.42. The number of nitrogens with zero attached hydrogens (tertiary/aromatic N) is 3. The van der Waals surface area contributed by atoms with Gasteiger partial charge in [0.1, 0.15) is 0 Å². The minimum Gasteiger partial charge on any atom is -0.333 e. The van der Waals surface area contributed by atoms with Gasteiger partial charge in [-0.25, -0.2) is 4.68 Å². The predicted octanol–water partition coefficient (Wildman–Crippen LogP) is 2.12. The molecule has 0 spiro atoms. The topological polar surface area (TPSA) is 81.2 Å². The third kappa shape index (κ3) is 3.73. The smallest absolute Gasteiger partial charge is 0.333 e. The Morgan fingerprint density at radius 1 is 1.33 bits per heavy atom. The Morgan fingerprint density at radius 3 is 2.74 bits per heavy atom. The van der Waals surface area contributed by atoms with E-state index in [1.54, 1.807) is 6.92 Å². The zero-order chi connectivity index (χ0) is 19.8. The van der Waals surface area contributed by atoms with Gasteiger partial charge in [-0.2, -0.15) is 18.3 Å². The van der Waals surface area contributed by atoms with Gasteiger partial charge in [0.05, 0.1) is 11.3 Å². The zero-order valence-electron chi connectivity index (χ0n) is 14.7. The summed E-state index contributed by atoms with van der Waals surface area (Å²) < 4.78 is 40.1. The Morgan fingerprint density at radius 2 is 2.07 bits per heavy atom. The predicted molar refractivity (Wildman–Crippen MR) is 92.7 cm³/mol. The second kappa shape index (κ2) is 7.15. The molecule has 1 fully saturated rings. The second-order valence-electron chi connectivity index (χ2n) is 6.49. The standard InChI is InChI=1S/C18H19F3N4O2/c1-11-8-15(26)16(17(27)24-7-3-6-14(24)10-22)23-25(11)13-5-2-4-12(9-13)18(19,20)21/h2,4-5,8-9,14H,3,6-7,10,22H2,1H3. The van der Waals surface area contributed by atoms with E-state index in [9.17, 15) is 22.8 Å². The van der Waals surface area contributed by atoms with Crippen molar-refractivity contribution in [3.8, 4) is 5.69 Å². The van der Waals surface area contributed by atoms with Gasteiger partial charge >= 0.3 is 6.18 Å². The van der Waals surface area contributed by atoms with Gasteiger partial charge in [0, 0.05) is 30.9 Å². The highest BCUT2D eigenvalue weighted by molar-refractivity contribution is 5.92. The Hall–Kier alpha value is -2.68. The van der Waals surface area contributed by atoms with Crippen molar-refractivity contribution >= 4 is 5.91 Å². The first-order chi connectivity index (χ1) is 12.7. The van der Waals surface area contributed by atoms with Crippen molar-refractivity contribution in [2.45, 2.75) is 32.0 Å². The van der Waals surface area contributed by atoms with Crippen molar-refractivity contribution in [3.63, 3.8) is 0 Å². The fourth-order valence-corrected chi connectivity index (χ4v) is 3.26. The number of carbonyl (C=O) groups is 1. The summed E-state index contributed by atoms with van der Waals surface area (Å²) in [5, 5.41) is 4.08. The number of halogens is 3. The van der Waals surface area contributed by atoms with Crippen LogP contribution in [-0.4, -0.2) is 39.7 Å². The van der Waals surface area contributed by atoms with Gasteiger partial charge in [-0.1, -0.05) is 6.07 Å². The van der Waals surface area contributed by atoms with E-state index < -0.39 is 23.1 Å². The largest absolute Gasteiger partial charge is 0.416 e. The van der Waals surface area contributed by atoms with E-state index >= 15 is 0 Å². The molecule has 1 aliphatic rings. The molecule has 0 aliphatic carbocycles. The molecule has 2 N–H and O–H groups in total. The van der Waals surface area contributed by atoms with E-state index in [0.29, 0.717) is 12.2 Å². The minimum absolute atomic E-state index is 0.119. The average Bonchev–Trinajstić information content (AvgIpc) is 3.09. The second-order valence-corrected chi connectivity index (χ2v) is 6.49. The highest BCUT2D eigenvalue weighted by Gasteiger charge is 2.32. The van der Waals surface area contributed by atoms with Crippen molar-refractivity contribution < 1.29 is 18.0 Å². The number of benzene rings is 1. The quantitative estimate of drug-likeness (QED) is 0.885. The van der Waals surface area contributed by atoms with E-state index in [-0.39, 0.29) is 24.0 Å². The maximum Gasteiger partial charge on any atom is 0.416 e. The maximum absolute atomic E-state index is 13.0. The molecule has 1 atom stereocenters. The Bertz CT molecular complexity index is 924. The Labute approximate surface area is 153 Å². The number of likely N-dealkylation sites (tertiary alicyclic amines) is 1. The normalized spacial score (nSPS) is 17.4. The van der Waals surface area contributed by atoms with Crippen LogP contribution in [0.4, 0.5) is 13.2 Å². The molecular formula is C18H19F3N4O2. The highest BCUT2D eigenvalue weighted by atomic mass is 19.4. The molecule has 144 valence electrons. The summed E-state index contributed by atoms with van der Waals surface area (Å²) in [7, 11) is 0. The molecule has 2 aromatic rings. The lowest BCUT2D eigenvalue weighted by atomic mass is 10.2. The van der Waals surface area contributed by atoms with Gasteiger partial charge in [0.15, 0.2) is 5.69 Å². The lowest BCUT2D eigenvalue weighted by molar-refractivity contribution is -0.137. The number of rotatable bonds is 3. The molecule has 1 aromatic heterocycles. The molecule has 6 nitrogen and oxygen atoms in total. The van der Waals surface area contributed by atoms with Gasteiger partial charge in [-0.15, -0.1) is 0 Å². The van der Waals surface area contributed by atoms with Crippen LogP contribution in [0.15, 0.2) is 35.1 Å². The molecule has 1 aromatic carbocycles. The molecule has 0 bridgehead atoms. The molecule has 1 aliphatic heterocycles. The van der Waals surface area contributed by atoms with Crippen LogP contribution in [0.2, 0.25) is 0 Å². The van der Waals surface area contributed by atoms with Crippen LogP contribution in [-0.2, 0) is 6.18 Å². The Kier molecular flexibility index (Phi) is 5.05. The van der Waals surface area contributed by atoms with E-state index in [0.717, 1.165) is 25.0 Å². The van der Waals surface area contributed by atoms with Gasteiger partial charge in [-0.3, -0.25) is 9.59 Å². The fraction of sp³-hybridized carbons (Fsp3) is 0.389. The van der Waals surface area contributed by atoms with E-state index in [1.165, 1.54) is 27.8 Å². The number of aryl methyl sites for hydroxylation is 1. The van der Waals surface area contributed by atoms with Crippen molar-refractivity contribution in [1.82, 2.24) is 14.7 Å². The van der Waals surface area contributed by atoms with Crippen LogP contribution in [0.5, 0.6) is 0 Å². The zero-order valence-corrected chi connectivity index (χ0v) is 14.7. The van der Waals surface area contributed by atoms with Crippen LogP contribution >= 0.6 is 0 Å². The van der Waals surface area contributed by atoms with Crippen LogP contribution in [0.3, 0.4) is 0 Å². The average molecular weight is 380 g/mol. The summed E-state index contributed by atoms with van der Waals surface area (Å²) in [5.41, 5.74) is 4.40. The van der Waals surface area contributed by atoms with Gasteiger partial charge in [0.25, 0.3) is 5.91 Å². The van der Waals surface area contributed by atoms with Crippen molar-refractivity contribution in [3.05, 3.63) is 57.5 Å². The van der Waals surface area contributed by atoms with Crippen molar-refractivity contribution in [1.29, 1.82) is 0 Å². The number of carbonyl (C=O) groups excluding carboxylic acids is 1. The number of aromatic nitrogens is 2. The molecule has 1 unspecified atom stereocenters. The SMILES string of the molecule is Cc1cc(=O)c(C(=O)N2CCCC2CN)nn1-c1cccc(C(F)(F)F)c1. The van der Waals surface area contributed by atoms with Gasteiger partial charge < -0.3 is 10.6 Å². The van der Waals surface area contributed by atoms with Gasteiger partial charge in [0.2, 0.25) is 5.43 Å². The summed E-state index contributed by atoms with van der Waals surface area (Å²) in [6.07, 6.45) is -2.98. The third-order valence-corrected chi connectivity index (χ3v) is 4.64. The van der Waals surface area contributed by atoms with Crippen LogP contribution in [0.25, 0.3) is 5.69 Å². The van der Waals surface area contributed by atoms with E-state index in [2.05, 4.69) is 5.10 Å². The van der Waals surface area contributed by atoms with Crippen LogP contribution in [0.1, 0.15) is 34.6 Å². The van der Waals surface area contributed by atoms with Crippen molar-refractivity contribution in [2.24, 2.45) is 5.73 Å². The number of hydrogen-bond donors (Lipinski definition) is 1. The number of nitrogens with two attached hydrogens (primary N) is 1. The fourth-order valence-electron chi connectivity index (χ4n) is 3.26. The first-order valence-electron chi connectivity index (χ1n) is 8.52. The molecule has 9 heteroatoms.